The van der Waals surface area contributed by atoms with Crippen molar-refractivity contribution in [3.8, 4) is 5.75 Å². The Hall–Kier alpha value is -6.73. The minimum atomic E-state index is -1.80. The fourth-order valence-corrected chi connectivity index (χ4v) is 6.67. The number of amides is 7. The summed E-state index contributed by atoms with van der Waals surface area (Å²) in [4.78, 5) is 111. The standard InChI is InChI=1S/C44H57F2N7O11/c1-24(2)36(49-39(59)31-17-16-27-12-9-10-15-30(27)47-31)41(61)48-32(20-34(55)56)40(60)50-37(25(3)4)42(62)52(19-18-26(5)21-44(6,7)8)43(63)51-53(22-35(57)58)33(54)23-64-38-28(45)13-11-14-29(38)46/h9-17,24-26,32,36-37H,18-23H2,1-8H3,(H,48,61)(H,49,59)(H,50,60)(H,51,63)(H,55,56)(H,57,58)/t26-,32?,36+,37+/m1/s1. The lowest BCUT2D eigenvalue weighted by Gasteiger charge is -2.32. The lowest BCUT2D eigenvalue weighted by Crippen LogP contribution is -2.61. The zero-order valence-corrected chi connectivity index (χ0v) is 37.1. The maximum atomic E-state index is 14.4. The molecule has 0 aliphatic carbocycles. The molecule has 0 fully saturated rings. The van der Waals surface area contributed by atoms with E-state index in [-0.39, 0.29) is 35.0 Å². The van der Waals surface area contributed by atoms with Crippen LogP contribution in [0.5, 0.6) is 5.75 Å². The first-order valence-corrected chi connectivity index (χ1v) is 20.6. The highest BCUT2D eigenvalue weighted by atomic mass is 19.1. The Kier molecular flexibility index (Phi) is 18.6. The van der Waals surface area contributed by atoms with Gasteiger partial charge in [-0.05, 0) is 60.3 Å². The van der Waals surface area contributed by atoms with Gasteiger partial charge in [-0.2, -0.15) is 0 Å². The predicted molar refractivity (Wildman–Crippen MR) is 228 cm³/mol. The second-order valence-corrected chi connectivity index (χ2v) is 17.3. The summed E-state index contributed by atoms with van der Waals surface area (Å²) < 4.78 is 33.4. The molecule has 1 unspecified atom stereocenters. The number of carboxylic acid groups (broad SMARTS) is 2. The van der Waals surface area contributed by atoms with E-state index in [0.717, 1.165) is 23.6 Å². The van der Waals surface area contributed by atoms with E-state index in [2.05, 4.69) is 26.4 Å². The number of aromatic nitrogens is 1. The van der Waals surface area contributed by atoms with E-state index in [0.29, 0.717) is 16.8 Å². The number of rotatable bonds is 20. The lowest BCUT2D eigenvalue weighted by atomic mass is 9.84. The molecule has 3 aromatic rings. The third-order valence-electron chi connectivity index (χ3n) is 9.71. The summed E-state index contributed by atoms with van der Waals surface area (Å²) in [6, 6.07) is 7.01. The van der Waals surface area contributed by atoms with E-state index < -0.39 is 114 Å². The molecule has 1 heterocycles. The number of aliphatic carboxylic acids is 2. The van der Waals surface area contributed by atoms with Crippen molar-refractivity contribution in [2.24, 2.45) is 23.2 Å². The molecule has 1 aromatic heterocycles. The zero-order valence-electron chi connectivity index (χ0n) is 37.1. The largest absolute Gasteiger partial charge is 0.481 e. The molecule has 4 atom stereocenters. The number of ether oxygens (including phenoxy) is 1. The van der Waals surface area contributed by atoms with E-state index >= 15 is 0 Å². The molecule has 2 aromatic carbocycles. The van der Waals surface area contributed by atoms with Gasteiger partial charge in [-0.15, -0.1) is 0 Å². The number of carbonyl (C=O) groups excluding carboxylic acids is 6. The van der Waals surface area contributed by atoms with Crippen LogP contribution >= 0.6 is 0 Å². The molecule has 3 rings (SSSR count). The monoisotopic (exact) mass is 897 g/mol. The molecule has 0 aliphatic rings. The van der Waals surface area contributed by atoms with Crippen LogP contribution in [0.4, 0.5) is 13.6 Å². The smallest absolute Gasteiger partial charge is 0.343 e. The highest BCUT2D eigenvalue weighted by Gasteiger charge is 2.37. The third kappa shape index (κ3) is 15.6. The van der Waals surface area contributed by atoms with Gasteiger partial charge in [0.1, 0.15) is 30.4 Å². The number of hydrogen-bond acceptors (Lipinski definition) is 10. The van der Waals surface area contributed by atoms with Crippen LogP contribution in [0.1, 0.15) is 85.1 Å². The van der Waals surface area contributed by atoms with Crippen LogP contribution in [0, 0.1) is 34.8 Å². The molecule has 7 amide bonds. The maximum absolute atomic E-state index is 14.4. The Morgan fingerprint density at radius 2 is 1.39 bits per heavy atom. The second-order valence-electron chi connectivity index (χ2n) is 17.3. The van der Waals surface area contributed by atoms with Gasteiger partial charge in [0, 0.05) is 11.9 Å². The molecule has 20 heteroatoms. The van der Waals surface area contributed by atoms with Crippen molar-refractivity contribution in [2.45, 2.75) is 92.8 Å². The van der Waals surface area contributed by atoms with Crippen LogP contribution < -0.4 is 26.1 Å². The SMILES string of the molecule is CC(C)[C@H](NC(=O)c1ccc2ccccc2n1)C(=O)NC(CC(=O)O)C(=O)N[C@H](C(=O)N(CC[C@@H](C)CC(C)(C)C)C(=O)NN(CC(=O)O)C(=O)COc1c(F)cccc1F)C(C)C. The number of carboxylic acids is 2. The first-order chi connectivity index (χ1) is 29.9. The van der Waals surface area contributed by atoms with Gasteiger partial charge < -0.3 is 30.9 Å². The van der Waals surface area contributed by atoms with Crippen LogP contribution in [0.3, 0.4) is 0 Å². The fraction of sp³-hybridized carbons (Fsp3) is 0.477. The number of nitrogens with one attached hydrogen (secondary N) is 4. The van der Waals surface area contributed by atoms with Gasteiger partial charge in [0.15, 0.2) is 24.0 Å². The summed E-state index contributed by atoms with van der Waals surface area (Å²) in [7, 11) is 0. The normalized spacial score (nSPS) is 13.2. The number of pyridine rings is 1. The Labute approximate surface area is 369 Å². The quantitative estimate of drug-likeness (QED) is 0.0870. The van der Waals surface area contributed by atoms with Crippen LogP contribution in [-0.2, 0) is 28.8 Å². The van der Waals surface area contributed by atoms with Crippen molar-refractivity contribution in [1.82, 2.24) is 36.3 Å². The molecule has 0 aliphatic heterocycles. The van der Waals surface area contributed by atoms with E-state index in [1.54, 1.807) is 44.2 Å². The van der Waals surface area contributed by atoms with Crippen LogP contribution in [-0.4, -0.2) is 110 Å². The van der Waals surface area contributed by atoms with E-state index in [1.165, 1.54) is 19.9 Å². The molecule has 348 valence electrons. The number of hydrazine groups is 1. The molecule has 6 N–H and O–H groups in total. The minimum Gasteiger partial charge on any atom is -0.481 e. The number of imide groups is 1. The number of urea groups is 1. The first-order valence-electron chi connectivity index (χ1n) is 20.6. The molecule has 0 saturated heterocycles. The number of halogens is 2. The Balaban J connectivity index is 1.89. The topological polar surface area (TPSA) is 254 Å². The number of hydrogen-bond donors (Lipinski definition) is 6. The van der Waals surface area contributed by atoms with Gasteiger partial charge in [0.2, 0.25) is 11.8 Å². The minimum absolute atomic E-state index is 0.00148. The highest BCUT2D eigenvalue weighted by Crippen LogP contribution is 2.26. The molecule has 18 nitrogen and oxygen atoms in total. The summed E-state index contributed by atoms with van der Waals surface area (Å²) in [5.74, 6) is -12.9. The Bertz CT molecular complexity index is 2180. The van der Waals surface area contributed by atoms with Crippen molar-refractivity contribution in [1.29, 1.82) is 0 Å². The lowest BCUT2D eigenvalue weighted by molar-refractivity contribution is -0.147. The molecule has 64 heavy (non-hydrogen) atoms. The molecule has 0 radical (unpaired) electrons. The average molecular weight is 898 g/mol. The van der Waals surface area contributed by atoms with E-state index in [9.17, 15) is 57.4 Å². The summed E-state index contributed by atoms with van der Waals surface area (Å²) in [5.41, 5.74) is 2.42. The number of para-hydroxylation sites is 2. The second kappa shape index (κ2) is 23.1. The van der Waals surface area contributed by atoms with E-state index in [4.69, 9.17) is 4.74 Å². The van der Waals surface area contributed by atoms with Gasteiger partial charge in [0.25, 0.3) is 17.7 Å². The van der Waals surface area contributed by atoms with Gasteiger partial charge in [-0.3, -0.25) is 38.5 Å². The molecule has 0 saturated carbocycles. The van der Waals surface area contributed by atoms with Gasteiger partial charge in [0.05, 0.1) is 11.9 Å². The van der Waals surface area contributed by atoms with Crippen molar-refractivity contribution in [2.75, 3.05) is 19.7 Å². The summed E-state index contributed by atoms with van der Waals surface area (Å²) >= 11 is 0. The Morgan fingerprint density at radius 1 is 0.766 bits per heavy atom. The molecular formula is C44H57F2N7O11. The fourth-order valence-electron chi connectivity index (χ4n) is 6.67. The van der Waals surface area contributed by atoms with Crippen molar-refractivity contribution < 1.29 is 62.1 Å². The van der Waals surface area contributed by atoms with Gasteiger partial charge in [-0.1, -0.05) is 85.7 Å². The van der Waals surface area contributed by atoms with Gasteiger partial charge >= 0.3 is 18.0 Å². The molecular weight excluding hydrogens is 841 g/mol. The number of benzene rings is 2. The maximum Gasteiger partial charge on any atom is 0.343 e. The molecule has 0 spiro atoms. The summed E-state index contributed by atoms with van der Waals surface area (Å²) in [6.07, 6.45) is -0.116. The van der Waals surface area contributed by atoms with Gasteiger partial charge in [-0.25, -0.2) is 29.0 Å². The first kappa shape index (κ1) is 51.6. The van der Waals surface area contributed by atoms with Crippen LogP contribution in [0.25, 0.3) is 10.9 Å². The van der Waals surface area contributed by atoms with E-state index in [1.807, 2.05) is 27.7 Å². The average Bonchev–Trinajstić information content (AvgIpc) is 3.19. The zero-order chi connectivity index (χ0) is 48.1. The third-order valence-corrected chi connectivity index (χ3v) is 9.71. The van der Waals surface area contributed by atoms with Crippen LogP contribution in [0.15, 0.2) is 54.6 Å². The van der Waals surface area contributed by atoms with Crippen molar-refractivity contribution >= 4 is 58.4 Å². The molecule has 0 bridgehead atoms. The summed E-state index contributed by atoms with van der Waals surface area (Å²) in [5, 5.41) is 27.8. The predicted octanol–water partition coefficient (Wildman–Crippen LogP) is 4.28. The van der Waals surface area contributed by atoms with Crippen molar-refractivity contribution in [3.05, 3.63) is 71.9 Å². The van der Waals surface area contributed by atoms with Crippen LogP contribution in [0.2, 0.25) is 0 Å². The number of nitrogens with zero attached hydrogens (tertiary/aromatic N) is 3. The Morgan fingerprint density at radius 3 is 1.97 bits per heavy atom. The number of carbonyl (C=O) groups is 8. The summed E-state index contributed by atoms with van der Waals surface area (Å²) in [6.45, 7) is 11.5. The van der Waals surface area contributed by atoms with Crippen molar-refractivity contribution in [3.63, 3.8) is 0 Å². The number of fused-ring (bicyclic) bond motifs is 1. The highest BCUT2D eigenvalue weighted by molar-refractivity contribution is 6.02.